The lowest BCUT2D eigenvalue weighted by atomic mass is 9.78. The Balaban J connectivity index is 3.02. The molecule has 6 heteroatoms. The predicted octanol–water partition coefficient (Wildman–Crippen LogP) is -0.642. The average Bonchev–Trinajstić information content (AvgIpc) is 2.25. The molecular weight excluding hydrogens is 199 g/mol. The van der Waals surface area contributed by atoms with Gasteiger partial charge in [-0.25, -0.2) is 0 Å². The maximum Gasteiger partial charge on any atom is 0.496 e. The van der Waals surface area contributed by atoms with E-state index >= 15 is 0 Å². The minimum absolute atomic E-state index is 0.0346. The quantitative estimate of drug-likeness (QED) is 0.501. The van der Waals surface area contributed by atoms with E-state index < -0.39 is 7.12 Å². The molecule has 0 amide bonds. The van der Waals surface area contributed by atoms with Gasteiger partial charge in [0.25, 0.3) is 0 Å². The van der Waals surface area contributed by atoms with Gasteiger partial charge in [-0.3, -0.25) is 0 Å². The van der Waals surface area contributed by atoms with Gasteiger partial charge in [-0.05, 0) is 12.1 Å². The molecule has 0 aliphatic heterocycles. The molecule has 0 aliphatic rings. The molecular formula is C9H13BO5. The fourth-order valence-electron chi connectivity index (χ4n) is 1.20. The van der Waals surface area contributed by atoms with E-state index in [1.54, 1.807) is 18.2 Å². The highest BCUT2D eigenvalue weighted by atomic mass is 16.7. The summed E-state index contributed by atoms with van der Waals surface area (Å²) in [7, 11) is 1.28. The fraction of sp³-hybridized carbons (Fsp3) is 0.333. The first-order valence-corrected chi connectivity index (χ1v) is 4.35. The predicted molar refractivity (Wildman–Crippen MR) is 55.3 cm³/mol. The van der Waals surface area contributed by atoms with Gasteiger partial charge in [0.05, 0.1) is 12.6 Å². The van der Waals surface area contributed by atoms with E-state index in [-0.39, 0.29) is 12.3 Å². The van der Waals surface area contributed by atoms with Crippen molar-refractivity contribution in [3.05, 3.63) is 18.2 Å². The van der Waals surface area contributed by atoms with Gasteiger partial charge in [-0.1, -0.05) is 6.07 Å². The number of rotatable bonds is 5. The zero-order valence-corrected chi connectivity index (χ0v) is 8.64. The van der Waals surface area contributed by atoms with Crippen LogP contribution in [0.5, 0.6) is 11.5 Å². The van der Waals surface area contributed by atoms with Gasteiger partial charge < -0.3 is 24.3 Å². The maximum atomic E-state index is 9.17. The second kappa shape index (κ2) is 5.60. The van der Waals surface area contributed by atoms with E-state index in [4.69, 9.17) is 14.2 Å². The molecule has 1 aromatic carbocycles. The smallest absolute Gasteiger partial charge is 0.496 e. The minimum atomic E-state index is -1.65. The van der Waals surface area contributed by atoms with Gasteiger partial charge in [0, 0.05) is 7.11 Å². The zero-order chi connectivity index (χ0) is 11.3. The highest BCUT2D eigenvalue weighted by molar-refractivity contribution is 6.60. The molecule has 0 atom stereocenters. The number of hydrogen-bond acceptors (Lipinski definition) is 5. The van der Waals surface area contributed by atoms with Crippen LogP contribution in [-0.4, -0.2) is 38.2 Å². The first-order valence-electron chi connectivity index (χ1n) is 4.35. The SMILES string of the molecule is COCOc1cccc(OC)c1B(O)O. The lowest BCUT2D eigenvalue weighted by molar-refractivity contribution is 0.0516. The second-order valence-electron chi connectivity index (χ2n) is 2.80. The van der Waals surface area contributed by atoms with E-state index in [9.17, 15) is 10.0 Å². The zero-order valence-electron chi connectivity index (χ0n) is 8.64. The Labute approximate surface area is 88.3 Å². The summed E-state index contributed by atoms with van der Waals surface area (Å²) in [6.07, 6.45) is 0. The van der Waals surface area contributed by atoms with Crippen molar-refractivity contribution in [1.29, 1.82) is 0 Å². The number of hydrogen-bond donors (Lipinski definition) is 2. The molecule has 0 radical (unpaired) electrons. The summed E-state index contributed by atoms with van der Waals surface area (Å²) in [5, 5.41) is 18.3. The maximum absolute atomic E-state index is 9.17. The summed E-state index contributed by atoms with van der Waals surface area (Å²) >= 11 is 0. The van der Waals surface area contributed by atoms with Crippen molar-refractivity contribution < 1.29 is 24.3 Å². The van der Waals surface area contributed by atoms with Crippen LogP contribution in [0.2, 0.25) is 0 Å². The first kappa shape index (κ1) is 11.8. The van der Waals surface area contributed by atoms with Crippen LogP contribution in [0.3, 0.4) is 0 Å². The molecule has 1 aromatic rings. The van der Waals surface area contributed by atoms with Crippen LogP contribution < -0.4 is 14.9 Å². The van der Waals surface area contributed by atoms with Gasteiger partial charge in [0.15, 0.2) is 6.79 Å². The summed E-state index contributed by atoms with van der Waals surface area (Å²) < 4.78 is 14.9. The number of benzene rings is 1. The van der Waals surface area contributed by atoms with E-state index in [0.717, 1.165) is 0 Å². The van der Waals surface area contributed by atoms with E-state index in [0.29, 0.717) is 11.5 Å². The standard InChI is InChI=1S/C9H13BO5/c1-13-6-15-8-5-3-4-7(14-2)9(8)10(11)12/h3-5,11-12H,6H2,1-2H3. The normalized spacial score (nSPS) is 9.87. The van der Waals surface area contributed by atoms with Crippen LogP contribution in [0.1, 0.15) is 0 Å². The Morgan fingerprint density at radius 2 is 1.87 bits per heavy atom. The average molecular weight is 212 g/mol. The Morgan fingerprint density at radius 1 is 1.20 bits per heavy atom. The number of methoxy groups -OCH3 is 2. The molecule has 0 fully saturated rings. The van der Waals surface area contributed by atoms with Crippen molar-refractivity contribution in [2.75, 3.05) is 21.0 Å². The highest BCUT2D eigenvalue weighted by Gasteiger charge is 2.22. The largest absolute Gasteiger partial charge is 0.497 e. The molecule has 15 heavy (non-hydrogen) atoms. The molecule has 0 spiro atoms. The Morgan fingerprint density at radius 3 is 2.40 bits per heavy atom. The van der Waals surface area contributed by atoms with Gasteiger partial charge in [0.2, 0.25) is 0 Å². The van der Waals surface area contributed by atoms with Crippen molar-refractivity contribution in [1.82, 2.24) is 0 Å². The van der Waals surface area contributed by atoms with Crippen LogP contribution in [-0.2, 0) is 4.74 Å². The molecule has 1 rings (SSSR count). The van der Waals surface area contributed by atoms with Crippen LogP contribution in [0.4, 0.5) is 0 Å². The van der Waals surface area contributed by atoms with Gasteiger partial charge >= 0.3 is 7.12 Å². The van der Waals surface area contributed by atoms with Crippen molar-refractivity contribution in [3.8, 4) is 11.5 Å². The molecule has 0 aromatic heterocycles. The molecule has 0 heterocycles. The first-order chi connectivity index (χ1) is 7.20. The summed E-state index contributed by atoms with van der Waals surface area (Å²) in [5.74, 6) is 0.685. The highest BCUT2D eigenvalue weighted by Crippen LogP contribution is 2.16. The number of ether oxygens (including phenoxy) is 3. The van der Waals surface area contributed by atoms with Crippen molar-refractivity contribution >= 4 is 12.6 Å². The van der Waals surface area contributed by atoms with Gasteiger partial charge in [-0.15, -0.1) is 0 Å². The summed E-state index contributed by atoms with van der Waals surface area (Å²) in [6.45, 7) is 0.0346. The van der Waals surface area contributed by atoms with Crippen LogP contribution in [0.25, 0.3) is 0 Å². The summed E-state index contributed by atoms with van der Waals surface area (Å²) in [6, 6.07) is 4.92. The Kier molecular flexibility index (Phi) is 4.42. The lowest BCUT2D eigenvalue weighted by Gasteiger charge is -2.13. The molecule has 0 unspecified atom stereocenters. The minimum Gasteiger partial charge on any atom is -0.497 e. The molecule has 0 aliphatic carbocycles. The van der Waals surface area contributed by atoms with Gasteiger partial charge in [0.1, 0.15) is 11.5 Å². The van der Waals surface area contributed by atoms with E-state index in [1.807, 2.05) is 0 Å². The van der Waals surface area contributed by atoms with Crippen molar-refractivity contribution in [2.45, 2.75) is 0 Å². The molecule has 82 valence electrons. The molecule has 0 bridgehead atoms. The van der Waals surface area contributed by atoms with Crippen molar-refractivity contribution in [3.63, 3.8) is 0 Å². The Hall–Kier alpha value is -1.24. The molecule has 0 saturated carbocycles. The summed E-state index contributed by atoms with van der Waals surface area (Å²) in [4.78, 5) is 0. The van der Waals surface area contributed by atoms with E-state index in [2.05, 4.69) is 0 Å². The third-order valence-electron chi connectivity index (χ3n) is 1.84. The fourth-order valence-corrected chi connectivity index (χ4v) is 1.20. The van der Waals surface area contributed by atoms with Gasteiger partial charge in [-0.2, -0.15) is 0 Å². The third kappa shape index (κ3) is 2.85. The summed E-state index contributed by atoms with van der Waals surface area (Å²) in [5.41, 5.74) is 0.192. The molecule has 5 nitrogen and oxygen atoms in total. The third-order valence-corrected chi connectivity index (χ3v) is 1.84. The van der Waals surface area contributed by atoms with Crippen LogP contribution in [0.15, 0.2) is 18.2 Å². The van der Waals surface area contributed by atoms with Crippen LogP contribution in [0, 0.1) is 0 Å². The monoisotopic (exact) mass is 212 g/mol. The van der Waals surface area contributed by atoms with Crippen molar-refractivity contribution in [2.24, 2.45) is 0 Å². The molecule has 0 saturated heterocycles. The second-order valence-corrected chi connectivity index (χ2v) is 2.80. The topological polar surface area (TPSA) is 68.2 Å². The molecule has 2 N–H and O–H groups in total. The Bertz CT molecular complexity index is 315. The van der Waals surface area contributed by atoms with E-state index in [1.165, 1.54) is 14.2 Å². The van der Waals surface area contributed by atoms with Crippen LogP contribution >= 0.6 is 0 Å². The lowest BCUT2D eigenvalue weighted by Crippen LogP contribution is -2.33.